The Balaban J connectivity index is 1.92. The summed E-state index contributed by atoms with van der Waals surface area (Å²) in [7, 11) is 1.60. The highest BCUT2D eigenvalue weighted by Crippen LogP contribution is 2.50. The lowest BCUT2D eigenvalue weighted by Gasteiger charge is -2.47. The standard InChI is InChI=1S/C41H73N5O11/c1-12-41(33(49)50,25-55-35(52)44-19-29-16-38(7,8)22-40(10,18-29)23-45-32(48)27(3)4)26-56-36(53)46-24-39(9)17-28(15-37(5,6)21-39)14-31(47)57-30(42-11)20-54-34(51)43-13-2/h27-30,42H,12-26H2,1-11H3,(H,43,51)(H,44,52)(H,45,48)(H,46,53)(H,49,50). The molecule has 0 bridgehead atoms. The molecule has 0 aromatic heterocycles. The number of aliphatic carboxylic acids is 1. The first kappa shape index (κ1) is 49.3. The fraction of sp³-hybridized carbons (Fsp3) is 0.854. The zero-order valence-corrected chi connectivity index (χ0v) is 36.4. The van der Waals surface area contributed by atoms with Crippen LogP contribution >= 0.6 is 0 Å². The molecule has 0 saturated heterocycles. The highest BCUT2D eigenvalue weighted by molar-refractivity contribution is 5.78. The quantitative estimate of drug-likeness (QED) is 0.0504. The van der Waals surface area contributed by atoms with Gasteiger partial charge in [-0.15, -0.1) is 0 Å². The van der Waals surface area contributed by atoms with Crippen LogP contribution in [0.2, 0.25) is 0 Å². The first-order valence-electron chi connectivity index (χ1n) is 20.5. The van der Waals surface area contributed by atoms with Crippen molar-refractivity contribution in [2.24, 2.45) is 44.8 Å². The van der Waals surface area contributed by atoms with Crippen LogP contribution in [-0.2, 0) is 33.3 Å². The number of carboxylic acids is 1. The van der Waals surface area contributed by atoms with Crippen LogP contribution in [0.25, 0.3) is 0 Å². The van der Waals surface area contributed by atoms with Crippen molar-refractivity contribution < 1.29 is 52.8 Å². The number of amides is 4. The normalized spacial score (nSPS) is 25.5. The van der Waals surface area contributed by atoms with Gasteiger partial charge in [0.25, 0.3) is 0 Å². The lowest BCUT2D eigenvalue weighted by Crippen LogP contribution is -2.47. The zero-order chi connectivity index (χ0) is 43.2. The molecular formula is C41H73N5O11. The minimum absolute atomic E-state index is 0.00692. The fourth-order valence-corrected chi connectivity index (χ4v) is 9.27. The van der Waals surface area contributed by atoms with Gasteiger partial charge in [0, 0.05) is 38.5 Å². The van der Waals surface area contributed by atoms with E-state index >= 15 is 0 Å². The van der Waals surface area contributed by atoms with E-state index < -0.39 is 60.5 Å². The molecule has 6 N–H and O–H groups in total. The van der Waals surface area contributed by atoms with E-state index in [-0.39, 0.29) is 65.9 Å². The van der Waals surface area contributed by atoms with Crippen LogP contribution < -0.4 is 26.6 Å². The van der Waals surface area contributed by atoms with E-state index in [1.807, 2.05) is 20.8 Å². The van der Waals surface area contributed by atoms with Crippen molar-refractivity contribution in [2.45, 2.75) is 127 Å². The average Bonchev–Trinajstić information content (AvgIpc) is 3.09. The van der Waals surface area contributed by atoms with Crippen molar-refractivity contribution in [3.05, 3.63) is 0 Å². The second-order valence-corrected chi connectivity index (χ2v) is 19.2. The minimum Gasteiger partial charge on any atom is -0.481 e. The molecule has 0 aliphatic heterocycles. The summed E-state index contributed by atoms with van der Waals surface area (Å²) in [5.41, 5.74) is -2.37. The van der Waals surface area contributed by atoms with Gasteiger partial charge in [0.15, 0.2) is 6.23 Å². The van der Waals surface area contributed by atoms with Gasteiger partial charge < -0.3 is 45.3 Å². The number of alkyl carbamates (subject to hydrolysis) is 3. The molecule has 0 aromatic rings. The van der Waals surface area contributed by atoms with Gasteiger partial charge in [-0.2, -0.15) is 0 Å². The van der Waals surface area contributed by atoms with Crippen LogP contribution in [0.15, 0.2) is 0 Å². The smallest absolute Gasteiger partial charge is 0.407 e. The van der Waals surface area contributed by atoms with Crippen LogP contribution in [0.5, 0.6) is 0 Å². The second kappa shape index (κ2) is 21.3. The Kier molecular flexibility index (Phi) is 18.4. The van der Waals surface area contributed by atoms with Crippen LogP contribution in [0.1, 0.15) is 121 Å². The Bertz CT molecular complexity index is 1390. The Labute approximate surface area is 339 Å². The summed E-state index contributed by atoms with van der Waals surface area (Å²) in [5.74, 6) is -1.71. The lowest BCUT2D eigenvalue weighted by molar-refractivity contribution is -0.156. The lowest BCUT2D eigenvalue weighted by atomic mass is 9.60. The molecule has 0 heterocycles. The summed E-state index contributed by atoms with van der Waals surface area (Å²) < 4.78 is 21.5. The molecule has 2 rings (SSSR count). The van der Waals surface area contributed by atoms with Crippen molar-refractivity contribution in [1.82, 2.24) is 26.6 Å². The third-order valence-electron chi connectivity index (χ3n) is 11.3. The van der Waals surface area contributed by atoms with Gasteiger partial charge in [-0.1, -0.05) is 62.3 Å². The molecule has 2 aliphatic carbocycles. The van der Waals surface area contributed by atoms with Gasteiger partial charge >= 0.3 is 30.2 Å². The van der Waals surface area contributed by atoms with Crippen molar-refractivity contribution in [1.29, 1.82) is 0 Å². The van der Waals surface area contributed by atoms with Crippen molar-refractivity contribution >= 4 is 36.1 Å². The third kappa shape index (κ3) is 16.9. The molecule has 2 fully saturated rings. The largest absolute Gasteiger partial charge is 0.481 e. The molecule has 0 spiro atoms. The van der Waals surface area contributed by atoms with Crippen molar-refractivity contribution in [3.8, 4) is 0 Å². The monoisotopic (exact) mass is 812 g/mol. The summed E-state index contributed by atoms with van der Waals surface area (Å²) in [6.45, 7) is 20.3. The molecular weight excluding hydrogens is 738 g/mol. The van der Waals surface area contributed by atoms with Crippen LogP contribution in [-0.4, -0.2) is 101 Å². The molecule has 328 valence electrons. The number of ether oxygens (including phenoxy) is 4. The van der Waals surface area contributed by atoms with Gasteiger partial charge in [-0.05, 0) is 92.4 Å². The first-order valence-corrected chi connectivity index (χ1v) is 20.5. The Morgan fingerprint density at radius 1 is 0.719 bits per heavy atom. The van der Waals surface area contributed by atoms with E-state index in [4.69, 9.17) is 18.9 Å². The van der Waals surface area contributed by atoms with E-state index in [1.165, 1.54) is 0 Å². The number of nitrogens with one attached hydrogen (secondary N) is 5. The third-order valence-corrected chi connectivity index (χ3v) is 11.3. The molecule has 2 aliphatic rings. The first-order chi connectivity index (χ1) is 26.4. The summed E-state index contributed by atoms with van der Waals surface area (Å²) in [6.07, 6.45) is 1.97. The van der Waals surface area contributed by atoms with E-state index in [9.17, 15) is 33.9 Å². The van der Waals surface area contributed by atoms with Gasteiger partial charge in [0.2, 0.25) is 5.91 Å². The second-order valence-electron chi connectivity index (χ2n) is 19.2. The molecule has 16 nitrogen and oxygen atoms in total. The maximum Gasteiger partial charge on any atom is 0.407 e. The number of rotatable bonds is 20. The maximum atomic E-state index is 13.0. The molecule has 4 amide bonds. The molecule has 0 aromatic carbocycles. The number of carbonyl (C=O) groups excluding carboxylic acids is 5. The zero-order valence-electron chi connectivity index (χ0n) is 36.4. The number of hydrogen-bond acceptors (Lipinski definition) is 11. The predicted octanol–water partition coefficient (Wildman–Crippen LogP) is 5.58. The highest BCUT2D eigenvalue weighted by Gasteiger charge is 2.44. The van der Waals surface area contributed by atoms with Crippen LogP contribution in [0.3, 0.4) is 0 Å². The molecule has 6 atom stereocenters. The van der Waals surface area contributed by atoms with E-state index in [1.54, 1.807) is 20.9 Å². The molecule has 57 heavy (non-hydrogen) atoms. The highest BCUT2D eigenvalue weighted by atomic mass is 16.6. The fourth-order valence-electron chi connectivity index (χ4n) is 9.27. The number of esters is 1. The van der Waals surface area contributed by atoms with Gasteiger partial charge in [0.1, 0.15) is 25.2 Å². The van der Waals surface area contributed by atoms with Crippen LogP contribution in [0.4, 0.5) is 14.4 Å². The Morgan fingerprint density at radius 2 is 1.23 bits per heavy atom. The van der Waals surface area contributed by atoms with Gasteiger partial charge in [-0.25, -0.2) is 14.4 Å². The van der Waals surface area contributed by atoms with Crippen molar-refractivity contribution in [3.63, 3.8) is 0 Å². The molecule has 0 radical (unpaired) electrons. The SMILES string of the molecule is CCNC(=O)OCC(NC)OC(=O)CC1CC(C)(C)CC(C)(CNC(=O)OCC(CC)(COC(=O)NCC2CC(C)(C)CC(C)(CNC(=O)C(C)C)C2)C(=O)O)C1. The van der Waals surface area contributed by atoms with E-state index in [0.29, 0.717) is 26.1 Å². The number of carboxylic acid groups (broad SMARTS) is 1. The topological polar surface area (TPSA) is 220 Å². The molecule has 6 unspecified atom stereocenters. The van der Waals surface area contributed by atoms with E-state index in [0.717, 1.165) is 32.1 Å². The summed E-state index contributed by atoms with van der Waals surface area (Å²) >= 11 is 0. The molecule has 16 heteroatoms. The maximum absolute atomic E-state index is 13.0. The number of likely N-dealkylation sites (N-methyl/N-ethyl adjacent to an activating group) is 1. The van der Waals surface area contributed by atoms with E-state index in [2.05, 4.69) is 61.2 Å². The summed E-state index contributed by atoms with van der Waals surface area (Å²) in [5, 5.41) is 24.2. The minimum atomic E-state index is -1.66. The molecule has 2 saturated carbocycles. The Hall–Kier alpha value is -3.82. The van der Waals surface area contributed by atoms with Crippen LogP contribution in [0, 0.1) is 44.8 Å². The number of hydrogen-bond donors (Lipinski definition) is 6. The van der Waals surface area contributed by atoms with Gasteiger partial charge in [0.05, 0.1) is 0 Å². The number of carbonyl (C=O) groups is 6. The average molecular weight is 812 g/mol. The summed E-state index contributed by atoms with van der Waals surface area (Å²) in [4.78, 5) is 75.2. The van der Waals surface area contributed by atoms with Crippen molar-refractivity contribution in [2.75, 3.05) is 53.0 Å². The summed E-state index contributed by atoms with van der Waals surface area (Å²) in [6, 6.07) is 0. The predicted molar refractivity (Wildman–Crippen MR) is 214 cm³/mol. The van der Waals surface area contributed by atoms with Gasteiger partial charge in [-0.3, -0.25) is 19.7 Å². The Morgan fingerprint density at radius 3 is 1.74 bits per heavy atom.